The highest BCUT2D eigenvalue weighted by Gasteiger charge is 2.36. The van der Waals surface area contributed by atoms with Gasteiger partial charge in [0.05, 0.1) is 17.2 Å². The van der Waals surface area contributed by atoms with Gasteiger partial charge in [-0.1, -0.05) is 24.3 Å². The number of rotatable bonds is 6. The van der Waals surface area contributed by atoms with Crippen LogP contribution in [0.5, 0.6) is 5.75 Å². The summed E-state index contributed by atoms with van der Waals surface area (Å²) in [6, 6.07) is 14.3. The second kappa shape index (κ2) is 9.07. The number of carbonyl (C=O) groups is 3. The van der Waals surface area contributed by atoms with Crippen molar-refractivity contribution in [2.24, 2.45) is 0 Å². The number of nitrogens with zero attached hydrogens (tertiary/aromatic N) is 1. The third-order valence-corrected chi connectivity index (χ3v) is 5.41. The number of imide groups is 1. The molecule has 2 aromatic rings. The Morgan fingerprint density at radius 1 is 1.18 bits per heavy atom. The van der Waals surface area contributed by atoms with Crippen molar-refractivity contribution in [3.8, 4) is 5.75 Å². The normalized spacial score (nSPS) is 15.2. The van der Waals surface area contributed by atoms with E-state index in [2.05, 4.69) is 21.2 Å². The number of thioether (sulfide) groups is 1. The summed E-state index contributed by atoms with van der Waals surface area (Å²) in [4.78, 5) is 38.2. The molecule has 1 fully saturated rings. The summed E-state index contributed by atoms with van der Waals surface area (Å²) in [5.41, 5.74) is 1.34. The molecule has 1 aliphatic rings. The average molecular weight is 461 g/mol. The summed E-state index contributed by atoms with van der Waals surface area (Å²) in [6.07, 6.45) is 1.63. The standard InChI is InChI=1S/C20H17BrN2O4S/c1-2-27-14-9-7-13(8-10-14)11-17-19(25)23(20(26)28-17)12-18(24)22-16-6-4-3-5-15(16)21/h3-11H,2,12H2,1H3,(H,22,24)/b17-11+. The van der Waals surface area contributed by atoms with Crippen molar-refractivity contribution >= 4 is 56.5 Å². The van der Waals surface area contributed by atoms with Crippen LogP contribution in [0.25, 0.3) is 6.08 Å². The van der Waals surface area contributed by atoms with Gasteiger partial charge in [0.1, 0.15) is 12.3 Å². The molecule has 0 bridgehead atoms. The molecule has 6 nitrogen and oxygen atoms in total. The van der Waals surface area contributed by atoms with Crippen molar-refractivity contribution in [1.29, 1.82) is 0 Å². The maximum atomic E-state index is 12.5. The van der Waals surface area contributed by atoms with Crippen LogP contribution in [0.4, 0.5) is 10.5 Å². The lowest BCUT2D eigenvalue weighted by Crippen LogP contribution is -2.36. The Hall–Kier alpha value is -2.58. The summed E-state index contributed by atoms with van der Waals surface area (Å²) >= 11 is 4.16. The minimum Gasteiger partial charge on any atom is -0.494 e. The van der Waals surface area contributed by atoms with Gasteiger partial charge < -0.3 is 10.1 Å². The Balaban J connectivity index is 1.67. The molecule has 1 heterocycles. The van der Waals surface area contributed by atoms with Crippen LogP contribution in [0, 0.1) is 0 Å². The van der Waals surface area contributed by atoms with Crippen LogP contribution in [0.3, 0.4) is 0 Å². The molecule has 0 atom stereocenters. The van der Waals surface area contributed by atoms with Crippen LogP contribution >= 0.6 is 27.7 Å². The fourth-order valence-corrected chi connectivity index (χ4v) is 3.73. The third kappa shape index (κ3) is 4.82. The molecule has 28 heavy (non-hydrogen) atoms. The zero-order valence-corrected chi connectivity index (χ0v) is 17.4. The topological polar surface area (TPSA) is 75.7 Å². The molecule has 0 saturated carbocycles. The number of halogens is 1. The maximum absolute atomic E-state index is 12.5. The highest BCUT2D eigenvalue weighted by atomic mass is 79.9. The summed E-state index contributed by atoms with van der Waals surface area (Å²) in [7, 11) is 0. The third-order valence-electron chi connectivity index (χ3n) is 3.81. The van der Waals surface area contributed by atoms with Crippen LogP contribution < -0.4 is 10.1 Å². The van der Waals surface area contributed by atoms with E-state index in [4.69, 9.17) is 4.74 Å². The van der Waals surface area contributed by atoms with Gasteiger partial charge in [0.25, 0.3) is 11.1 Å². The molecule has 3 rings (SSSR count). The zero-order chi connectivity index (χ0) is 20.1. The number of carbonyl (C=O) groups excluding carboxylic acids is 3. The van der Waals surface area contributed by atoms with Crippen molar-refractivity contribution < 1.29 is 19.1 Å². The fourth-order valence-electron chi connectivity index (χ4n) is 2.51. The van der Waals surface area contributed by atoms with Gasteiger partial charge in [-0.15, -0.1) is 0 Å². The molecule has 0 unspecified atom stereocenters. The van der Waals surface area contributed by atoms with Crippen molar-refractivity contribution in [1.82, 2.24) is 4.90 Å². The molecule has 2 aromatic carbocycles. The quantitative estimate of drug-likeness (QED) is 0.641. The number of nitrogens with one attached hydrogen (secondary N) is 1. The van der Waals surface area contributed by atoms with Crippen molar-refractivity contribution in [3.63, 3.8) is 0 Å². The lowest BCUT2D eigenvalue weighted by Gasteiger charge is -2.13. The number of benzene rings is 2. The Morgan fingerprint density at radius 3 is 2.57 bits per heavy atom. The lowest BCUT2D eigenvalue weighted by molar-refractivity contribution is -0.127. The van der Waals surface area contributed by atoms with Gasteiger partial charge in [-0.25, -0.2) is 0 Å². The van der Waals surface area contributed by atoms with Gasteiger partial charge in [-0.2, -0.15) is 0 Å². The van der Waals surface area contributed by atoms with Crippen molar-refractivity contribution in [2.45, 2.75) is 6.92 Å². The first-order chi connectivity index (χ1) is 13.5. The van der Waals surface area contributed by atoms with Gasteiger partial charge in [0, 0.05) is 4.47 Å². The minimum absolute atomic E-state index is 0.280. The number of hydrogen-bond donors (Lipinski definition) is 1. The van der Waals surface area contributed by atoms with E-state index in [1.54, 1.807) is 48.5 Å². The average Bonchev–Trinajstić information content (AvgIpc) is 2.93. The van der Waals surface area contributed by atoms with E-state index in [-0.39, 0.29) is 11.4 Å². The lowest BCUT2D eigenvalue weighted by atomic mass is 10.2. The summed E-state index contributed by atoms with van der Waals surface area (Å²) in [6.45, 7) is 2.13. The molecule has 1 saturated heterocycles. The van der Waals surface area contributed by atoms with E-state index in [0.29, 0.717) is 16.8 Å². The predicted octanol–water partition coefficient (Wildman–Crippen LogP) is 4.52. The van der Waals surface area contributed by atoms with E-state index in [0.717, 1.165) is 28.0 Å². The first kappa shape index (κ1) is 20.2. The van der Waals surface area contributed by atoms with Crippen molar-refractivity contribution in [2.75, 3.05) is 18.5 Å². The van der Waals surface area contributed by atoms with Gasteiger partial charge in [0.15, 0.2) is 0 Å². The molecule has 0 aromatic heterocycles. The van der Waals surface area contributed by atoms with Crippen LogP contribution in [0.2, 0.25) is 0 Å². The van der Waals surface area contributed by atoms with Crippen LogP contribution in [-0.4, -0.2) is 35.1 Å². The molecule has 3 amide bonds. The Labute approximate surface area is 175 Å². The largest absolute Gasteiger partial charge is 0.494 e. The first-order valence-corrected chi connectivity index (χ1v) is 10.1. The van der Waals surface area contributed by atoms with E-state index in [1.807, 2.05) is 13.0 Å². The SMILES string of the molecule is CCOc1ccc(/C=C2/SC(=O)N(CC(=O)Nc3ccccc3Br)C2=O)cc1. The van der Waals surface area contributed by atoms with Crippen LogP contribution in [0.15, 0.2) is 57.9 Å². The number of ether oxygens (including phenoxy) is 1. The van der Waals surface area contributed by atoms with Gasteiger partial charge in [0.2, 0.25) is 5.91 Å². The number of anilines is 1. The first-order valence-electron chi connectivity index (χ1n) is 8.50. The summed E-state index contributed by atoms with van der Waals surface area (Å²) in [5.74, 6) is -0.195. The van der Waals surface area contributed by atoms with Gasteiger partial charge >= 0.3 is 0 Å². The van der Waals surface area contributed by atoms with Gasteiger partial charge in [-0.05, 0) is 70.5 Å². The van der Waals surface area contributed by atoms with E-state index in [9.17, 15) is 14.4 Å². The Morgan fingerprint density at radius 2 is 1.89 bits per heavy atom. The summed E-state index contributed by atoms with van der Waals surface area (Å²) < 4.78 is 6.10. The molecule has 1 N–H and O–H groups in total. The number of para-hydroxylation sites is 1. The molecule has 0 spiro atoms. The maximum Gasteiger partial charge on any atom is 0.294 e. The minimum atomic E-state index is -0.480. The van der Waals surface area contributed by atoms with Crippen LogP contribution in [-0.2, 0) is 9.59 Å². The Bertz CT molecular complexity index is 943. The smallest absolute Gasteiger partial charge is 0.294 e. The van der Waals surface area contributed by atoms with Crippen molar-refractivity contribution in [3.05, 3.63) is 63.5 Å². The molecule has 0 aliphatic carbocycles. The van der Waals surface area contributed by atoms with E-state index in [1.165, 1.54) is 0 Å². The summed E-state index contributed by atoms with van der Waals surface area (Å²) in [5, 5.41) is 2.22. The zero-order valence-electron chi connectivity index (χ0n) is 15.0. The Kier molecular flexibility index (Phi) is 6.53. The second-order valence-corrected chi connectivity index (χ2v) is 7.65. The highest BCUT2D eigenvalue weighted by Crippen LogP contribution is 2.32. The molecular weight excluding hydrogens is 444 g/mol. The molecule has 0 radical (unpaired) electrons. The monoisotopic (exact) mass is 460 g/mol. The van der Waals surface area contributed by atoms with Gasteiger partial charge in [-0.3, -0.25) is 19.3 Å². The highest BCUT2D eigenvalue weighted by molar-refractivity contribution is 9.10. The predicted molar refractivity (Wildman–Crippen MR) is 113 cm³/mol. The van der Waals surface area contributed by atoms with E-state index < -0.39 is 17.1 Å². The second-order valence-electron chi connectivity index (χ2n) is 5.80. The molecule has 1 aliphatic heterocycles. The number of hydrogen-bond acceptors (Lipinski definition) is 5. The molecule has 8 heteroatoms. The number of amides is 3. The molecule has 144 valence electrons. The van der Waals surface area contributed by atoms with E-state index >= 15 is 0 Å². The fraction of sp³-hybridized carbons (Fsp3) is 0.150. The van der Waals surface area contributed by atoms with Crippen LogP contribution in [0.1, 0.15) is 12.5 Å². The molecular formula is C20H17BrN2O4S.